The molecule has 31 heavy (non-hydrogen) atoms. The van der Waals surface area contributed by atoms with Crippen LogP contribution in [-0.2, 0) is 9.84 Å². The number of fused-ring (bicyclic) bond motifs is 1. The maximum Gasteiger partial charge on any atom is 0.175 e. The van der Waals surface area contributed by atoms with E-state index in [9.17, 15) is 8.42 Å². The Hall–Kier alpha value is -3.17. The van der Waals surface area contributed by atoms with Crippen LogP contribution < -0.4 is 10.1 Å². The number of anilines is 1. The number of benzene rings is 2. The minimum absolute atomic E-state index is 0.225. The first-order chi connectivity index (χ1) is 14.8. The molecule has 8 nitrogen and oxygen atoms in total. The second-order valence-electron chi connectivity index (χ2n) is 7.06. The summed E-state index contributed by atoms with van der Waals surface area (Å²) in [5.41, 5.74) is 3.63. The number of H-pyrrole nitrogens is 1. The topological polar surface area (TPSA) is 110 Å². The van der Waals surface area contributed by atoms with E-state index in [1.54, 1.807) is 43.8 Å². The van der Waals surface area contributed by atoms with Crippen LogP contribution in [0.15, 0.2) is 53.9 Å². The van der Waals surface area contributed by atoms with Crippen LogP contribution in [0.3, 0.4) is 0 Å². The van der Waals surface area contributed by atoms with Gasteiger partial charge in [0.25, 0.3) is 0 Å². The summed E-state index contributed by atoms with van der Waals surface area (Å²) >= 11 is 6.44. The fourth-order valence-corrected chi connectivity index (χ4v) is 4.27. The Bertz CT molecular complexity index is 1350. The lowest BCUT2D eigenvalue weighted by molar-refractivity contribution is 0.409. The average molecular weight is 458 g/mol. The smallest absolute Gasteiger partial charge is 0.175 e. The van der Waals surface area contributed by atoms with Crippen molar-refractivity contribution in [3.8, 4) is 16.9 Å². The molecule has 2 aromatic heterocycles. The molecule has 2 aromatic carbocycles. The minimum atomic E-state index is -3.28. The molecule has 0 bridgehead atoms. The summed E-state index contributed by atoms with van der Waals surface area (Å²) in [7, 11) is -1.70. The maximum atomic E-state index is 11.8. The van der Waals surface area contributed by atoms with Gasteiger partial charge in [0.2, 0.25) is 0 Å². The van der Waals surface area contributed by atoms with Gasteiger partial charge in [-0.25, -0.2) is 23.4 Å². The van der Waals surface area contributed by atoms with E-state index in [-0.39, 0.29) is 10.9 Å². The molecule has 0 saturated carbocycles. The molecule has 4 aromatic rings. The van der Waals surface area contributed by atoms with Crippen molar-refractivity contribution in [3.05, 3.63) is 59.6 Å². The van der Waals surface area contributed by atoms with Crippen molar-refractivity contribution in [1.82, 2.24) is 19.9 Å². The monoisotopic (exact) mass is 457 g/mol. The number of aromatic amines is 1. The number of nitrogens with zero attached hydrogens (tertiary/aromatic N) is 3. The van der Waals surface area contributed by atoms with Crippen LogP contribution in [0.25, 0.3) is 22.3 Å². The molecule has 0 amide bonds. The van der Waals surface area contributed by atoms with Gasteiger partial charge in [-0.1, -0.05) is 23.7 Å². The summed E-state index contributed by atoms with van der Waals surface area (Å²) < 4.78 is 29.3. The molecule has 1 atom stereocenters. The van der Waals surface area contributed by atoms with E-state index in [2.05, 4.69) is 25.3 Å². The lowest BCUT2D eigenvalue weighted by Gasteiger charge is -2.21. The zero-order chi connectivity index (χ0) is 22.2. The molecule has 0 aliphatic rings. The number of hydrogen-bond donors (Lipinski definition) is 2. The lowest BCUT2D eigenvalue weighted by Crippen LogP contribution is -2.10. The van der Waals surface area contributed by atoms with Gasteiger partial charge < -0.3 is 15.0 Å². The number of hydrogen-bond acceptors (Lipinski definition) is 7. The molecule has 160 valence electrons. The van der Waals surface area contributed by atoms with Gasteiger partial charge in [-0.05, 0) is 36.8 Å². The molecule has 2 N–H and O–H groups in total. The van der Waals surface area contributed by atoms with Crippen molar-refractivity contribution in [2.45, 2.75) is 17.9 Å². The van der Waals surface area contributed by atoms with E-state index in [4.69, 9.17) is 16.3 Å². The third-order valence-corrected chi connectivity index (χ3v) is 6.26. The zero-order valence-electron chi connectivity index (χ0n) is 17.0. The number of ether oxygens (including phenoxy) is 1. The Balaban J connectivity index is 1.75. The molecule has 0 saturated heterocycles. The van der Waals surface area contributed by atoms with E-state index < -0.39 is 9.84 Å². The molecule has 0 aliphatic heterocycles. The highest BCUT2D eigenvalue weighted by atomic mass is 35.5. The molecule has 0 aliphatic carbocycles. The summed E-state index contributed by atoms with van der Waals surface area (Å²) in [5, 5.41) is 3.87. The predicted molar refractivity (Wildman–Crippen MR) is 120 cm³/mol. The fourth-order valence-electron chi connectivity index (χ4n) is 3.41. The first-order valence-corrected chi connectivity index (χ1v) is 11.6. The molecule has 2 heterocycles. The first kappa shape index (κ1) is 21.1. The van der Waals surface area contributed by atoms with Crippen LogP contribution in [0, 0.1) is 0 Å². The van der Waals surface area contributed by atoms with E-state index in [0.717, 1.165) is 16.7 Å². The zero-order valence-corrected chi connectivity index (χ0v) is 18.6. The molecule has 0 fully saturated rings. The van der Waals surface area contributed by atoms with E-state index in [1.807, 2.05) is 13.0 Å². The Morgan fingerprint density at radius 2 is 1.87 bits per heavy atom. The fraction of sp³-hybridized carbons (Fsp3) is 0.190. The van der Waals surface area contributed by atoms with Crippen LogP contribution in [0.4, 0.5) is 5.82 Å². The van der Waals surface area contributed by atoms with Gasteiger partial charge >= 0.3 is 0 Å². The van der Waals surface area contributed by atoms with Crippen LogP contribution in [-0.4, -0.2) is 41.7 Å². The third-order valence-electron chi connectivity index (χ3n) is 4.92. The summed E-state index contributed by atoms with van der Waals surface area (Å²) in [6, 6.07) is 10.0. The van der Waals surface area contributed by atoms with Crippen LogP contribution in [0.2, 0.25) is 5.02 Å². The van der Waals surface area contributed by atoms with Gasteiger partial charge in [-0.2, -0.15) is 0 Å². The number of halogens is 1. The van der Waals surface area contributed by atoms with E-state index >= 15 is 0 Å². The highest BCUT2D eigenvalue weighted by molar-refractivity contribution is 7.90. The van der Waals surface area contributed by atoms with Crippen LogP contribution >= 0.6 is 11.6 Å². The highest BCUT2D eigenvalue weighted by Crippen LogP contribution is 2.40. The van der Waals surface area contributed by atoms with Gasteiger partial charge in [-0.3, -0.25) is 0 Å². The summed E-state index contributed by atoms with van der Waals surface area (Å²) in [6.45, 7) is 1.96. The normalized spacial score (nSPS) is 12.6. The number of methoxy groups -OCH3 is 1. The number of rotatable bonds is 6. The van der Waals surface area contributed by atoms with Crippen molar-refractivity contribution < 1.29 is 13.2 Å². The van der Waals surface area contributed by atoms with Crippen molar-refractivity contribution in [3.63, 3.8) is 0 Å². The minimum Gasteiger partial charge on any atom is -0.496 e. The van der Waals surface area contributed by atoms with Gasteiger partial charge in [0, 0.05) is 22.4 Å². The van der Waals surface area contributed by atoms with Crippen molar-refractivity contribution in [1.29, 1.82) is 0 Å². The number of sulfone groups is 1. The molecule has 10 heteroatoms. The second-order valence-corrected chi connectivity index (χ2v) is 9.51. The number of nitrogens with one attached hydrogen (secondary N) is 2. The first-order valence-electron chi connectivity index (χ1n) is 9.36. The Morgan fingerprint density at radius 1 is 1.13 bits per heavy atom. The molecule has 4 rings (SSSR count). The third kappa shape index (κ3) is 4.19. The Kier molecular flexibility index (Phi) is 5.55. The standard InChI is InChI=1S/C21H20ClN5O3S/c1-12(27-21-18-20(24-10-23-18)25-11-26-21)16-8-14(22)9-17(19(16)30-2)13-4-6-15(7-5-13)31(3,28)29/h4-12H,1-3H3,(H2,23,24,25,26,27). The SMILES string of the molecule is COc1c(-c2ccc(S(C)(=O)=O)cc2)cc(Cl)cc1C(C)Nc1ncnc2[nH]cnc12. The van der Waals surface area contributed by atoms with Crippen molar-refractivity contribution in [2.24, 2.45) is 0 Å². The van der Waals surface area contributed by atoms with Crippen molar-refractivity contribution >= 4 is 38.4 Å². The van der Waals surface area contributed by atoms with Gasteiger partial charge in [0.05, 0.1) is 24.4 Å². The quantitative estimate of drug-likeness (QED) is 0.445. The summed E-state index contributed by atoms with van der Waals surface area (Å²) in [4.78, 5) is 15.9. The van der Waals surface area contributed by atoms with Crippen LogP contribution in [0.5, 0.6) is 5.75 Å². The molecule has 0 spiro atoms. The van der Waals surface area contributed by atoms with Gasteiger partial charge in [0.15, 0.2) is 21.3 Å². The average Bonchev–Trinajstić information content (AvgIpc) is 3.22. The van der Waals surface area contributed by atoms with E-state index in [1.165, 1.54) is 12.6 Å². The Morgan fingerprint density at radius 3 is 2.55 bits per heavy atom. The maximum absolute atomic E-state index is 11.8. The summed E-state index contributed by atoms with van der Waals surface area (Å²) in [6.07, 6.45) is 4.20. The lowest BCUT2D eigenvalue weighted by atomic mass is 9.98. The number of aromatic nitrogens is 4. The molecule has 0 radical (unpaired) electrons. The van der Waals surface area contributed by atoms with Crippen LogP contribution in [0.1, 0.15) is 18.5 Å². The van der Waals surface area contributed by atoms with E-state index in [0.29, 0.717) is 27.8 Å². The second kappa shape index (κ2) is 8.16. The number of imidazole rings is 1. The molecular formula is C21H20ClN5O3S. The van der Waals surface area contributed by atoms with Crippen molar-refractivity contribution in [2.75, 3.05) is 18.7 Å². The Labute approximate surface area is 184 Å². The summed E-state index contributed by atoms with van der Waals surface area (Å²) in [5.74, 6) is 1.21. The highest BCUT2D eigenvalue weighted by Gasteiger charge is 2.20. The molecule has 1 unspecified atom stereocenters. The van der Waals surface area contributed by atoms with Gasteiger partial charge in [-0.15, -0.1) is 0 Å². The molecular weight excluding hydrogens is 438 g/mol. The predicted octanol–water partition coefficient (Wildman–Crippen LogP) is 4.26. The van der Waals surface area contributed by atoms with Gasteiger partial charge in [0.1, 0.15) is 17.6 Å². The largest absolute Gasteiger partial charge is 0.496 e.